The molecule has 0 aliphatic carbocycles. The smallest absolute Gasteiger partial charge is 0.267 e. The summed E-state index contributed by atoms with van der Waals surface area (Å²) in [6.45, 7) is 0.520. The molecule has 0 radical (unpaired) electrons. The number of thioether (sulfide) groups is 1. The van der Waals surface area contributed by atoms with E-state index in [0.717, 1.165) is 10.6 Å². The van der Waals surface area contributed by atoms with E-state index >= 15 is 0 Å². The molecule has 110 valence electrons. The van der Waals surface area contributed by atoms with Crippen LogP contribution >= 0.6 is 11.8 Å². The molecule has 21 heavy (non-hydrogen) atoms. The number of benzene rings is 1. The fourth-order valence-corrected chi connectivity index (χ4v) is 2.48. The predicted molar refractivity (Wildman–Crippen MR) is 83.1 cm³/mol. The molecule has 2 N–H and O–H groups in total. The van der Waals surface area contributed by atoms with Crippen molar-refractivity contribution in [2.75, 3.05) is 19.4 Å². The van der Waals surface area contributed by atoms with Gasteiger partial charge in [0.1, 0.15) is 5.69 Å². The van der Waals surface area contributed by atoms with E-state index in [2.05, 4.69) is 10.3 Å². The van der Waals surface area contributed by atoms with Crippen molar-refractivity contribution in [3.05, 3.63) is 58.5 Å². The third-order valence-corrected chi connectivity index (χ3v) is 3.75. The Hall–Kier alpha value is -2.21. The molecule has 0 bridgehead atoms. The van der Waals surface area contributed by atoms with Crippen molar-refractivity contribution < 1.29 is 9.53 Å². The third kappa shape index (κ3) is 4.39. The minimum atomic E-state index is -0.319. The van der Waals surface area contributed by atoms with Gasteiger partial charge >= 0.3 is 0 Å². The van der Waals surface area contributed by atoms with Gasteiger partial charge < -0.3 is 15.0 Å². The second-order valence-corrected chi connectivity index (χ2v) is 5.37. The fraction of sp³-hybridized carbons (Fsp3) is 0.200. The Bertz CT molecular complexity index is 655. The second-order valence-electron chi connectivity index (χ2n) is 4.20. The summed E-state index contributed by atoms with van der Waals surface area (Å²) in [7, 11) is 1.41. The molecule has 1 aromatic heterocycles. The highest BCUT2D eigenvalue weighted by molar-refractivity contribution is 7.99. The summed E-state index contributed by atoms with van der Waals surface area (Å²) >= 11 is 1.66. The van der Waals surface area contributed by atoms with Gasteiger partial charge in [-0.25, -0.2) is 0 Å². The Balaban J connectivity index is 1.82. The van der Waals surface area contributed by atoms with Gasteiger partial charge in [0.2, 0.25) is 5.43 Å². The van der Waals surface area contributed by atoms with Gasteiger partial charge in [0, 0.05) is 29.5 Å². The summed E-state index contributed by atoms with van der Waals surface area (Å²) in [6, 6.07) is 11.2. The van der Waals surface area contributed by atoms with Crippen molar-refractivity contribution in [1.29, 1.82) is 0 Å². The first-order valence-electron chi connectivity index (χ1n) is 6.43. The summed E-state index contributed by atoms with van der Waals surface area (Å²) in [5, 5.41) is 2.76. The molecular formula is C15H16N2O3S. The number of hydrogen-bond donors (Lipinski definition) is 2. The molecule has 0 atom stereocenters. The van der Waals surface area contributed by atoms with E-state index in [1.807, 2.05) is 30.3 Å². The van der Waals surface area contributed by atoms with Crippen LogP contribution in [0.25, 0.3) is 0 Å². The van der Waals surface area contributed by atoms with E-state index in [1.54, 1.807) is 11.8 Å². The van der Waals surface area contributed by atoms with Crippen molar-refractivity contribution in [3.8, 4) is 5.75 Å². The summed E-state index contributed by atoms with van der Waals surface area (Å²) in [5.41, 5.74) is -0.0921. The van der Waals surface area contributed by atoms with Crippen LogP contribution in [0.5, 0.6) is 5.75 Å². The van der Waals surface area contributed by atoms with Gasteiger partial charge in [-0.3, -0.25) is 9.59 Å². The lowest BCUT2D eigenvalue weighted by atomic mass is 10.3. The second kappa shape index (κ2) is 7.54. The fourth-order valence-electron chi connectivity index (χ4n) is 1.69. The van der Waals surface area contributed by atoms with E-state index in [-0.39, 0.29) is 22.8 Å². The molecule has 1 heterocycles. The van der Waals surface area contributed by atoms with E-state index in [0.29, 0.717) is 6.54 Å². The van der Waals surface area contributed by atoms with E-state index in [1.165, 1.54) is 19.4 Å². The molecule has 1 amide bonds. The number of methoxy groups -OCH3 is 1. The number of hydrogen-bond acceptors (Lipinski definition) is 4. The molecule has 0 fully saturated rings. The maximum Gasteiger partial charge on any atom is 0.267 e. The van der Waals surface area contributed by atoms with Crippen LogP contribution in [0.1, 0.15) is 10.5 Å². The van der Waals surface area contributed by atoms with Crippen molar-refractivity contribution >= 4 is 17.7 Å². The highest BCUT2D eigenvalue weighted by Gasteiger charge is 2.08. The van der Waals surface area contributed by atoms with Gasteiger partial charge in [0.05, 0.1) is 7.11 Å². The van der Waals surface area contributed by atoms with E-state index in [9.17, 15) is 9.59 Å². The lowest BCUT2D eigenvalue weighted by Crippen LogP contribution is -2.27. The molecule has 0 aliphatic rings. The summed E-state index contributed by atoms with van der Waals surface area (Å²) in [6.07, 6.45) is 1.38. The topological polar surface area (TPSA) is 71.2 Å². The molecule has 2 rings (SSSR count). The largest absolute Gasteiger partial charge is 0.491 e. The van der Waals surface area contributed by atoms with E-state index in [4.69, 9.17) is 4.74 Å². The van der Waals surface area contributed by atoms with Crippen LogP contribution in [0.4, 0.5) is 0 Å². The Kier molecular flexibility index (Phi) is 5.45. The van der Waals surface area contributed by atoms with Crippen LogP contribution in [0.3, 0.4) is 0 Å². The molecule has 0 aliphatic heterocycles. The zero-order chi connectivity index (χ0) is 15.1. The monoisotopic (exact) mass is 304 g/mol. The Morgan fingerprint density at radius 3 is 2.76 bits per heavy atom. The van der Waals surface area contributed by atoms with Gasteiger partial charge in [-0.05, 0) is 12.1 Å². The van der Waals surface area contributed by atoms with Crippen molar-refractivity contribution in [2.24, 2.45) is 0 Å². The predicted octanol–water partition coefficient (Wildman–Crippen LogP) is 1.91. The summed E-state index contributed by atoms with van der Waals surface area (Å²) in [4.78, 5) is 27.3. The summed E-state index contributed by atoms with van der Waals surface area (Å²) < 4.78 is 4.85. The van der Waals surface area contributed by atoms with Gasteiger partial charge in [-0.15, -0.1) is 11.8 Å². The SMILES string of the molecule is COc1c[nH]c(C(=O)NCCSc2ccccc2)cc1=O. The van der Waals surface area contributed by atoms with E-state index < -0.39 is 0 Å². The molecule has 0 unspecified atom stereocenters. The number of carbonyl (C=O) groups is 1. The highest BCUT2D eigenvalue weighted by atomic mass is 32.2. The average molecular weight is 304 g/mol. The first-order chi connectivity index (χ1) is 10.2. The van der Waals surface area contributed by atoms with Crippen LogP contribution in [-0.2, 0) is 0 Å². The van der Waals surface area contributed by atoms with Crippen LogP contribution in [-0.4, -0.2) is 30.3 Å². The number of aromatic nitrogens is 1. The quantitative estimate of drug-likeness (QED) is 0.632. The summed E-state index contributed by atoms with van der Waals surface area (Å²) in [5.74, 6) is 0.644. The molecule has 0 spiro atoms. The normalized spacial score (nSPS) is 10.1. The molecule has 5 nitrogen and oxygen atoms in total. The lowest BCUT2D eigenvalue weighted by molar-refractivity contribution is 0.0951. The number of ether oxygens (including phenoxy) is 1. The van der Waals surface area contributed by atoms with Crippen LogP contribution in [0.15, 0.2) is 52.3 Å². The average Bonchev–Trinajstić information content (AvgIpc) is 2.52. The molecule has 2 aromatic rings. The molecule has 6 heteroatoms. The van der Waals surface area contributed by atoms with Crippen LogP contribution < -0.4 is 15.5 Å². The number of amides is 1. The maximum atomic E-state index is 11.9. The van der Waals surface area contributed by atoms with Crippen LogP contribution in [0.2, 0.25) is 0 Å². The zero-order valence-corrected chi connectivity index (χ0v) is 12.4. The Morgan fingerprint density at radius 1 is 1.33 bits per heavy atom. The number of aromatic amines is 1. The molecule has 0 saturated carbocycles. The van der Waals surface area contributed by atoms with Crippen molar-refractivity contribution in [2.45, 2.75) is 4.90 Å². The third-order valence-electron chi connectivity index (χ3n) is 2.74. The van der Waals surface area contributed by atoms with Crippen molar-refractivity contribution in [1.82, 2.24) is 10.3 Å². The minimum Gasteiger partial charge on any atom is -0.491 e. The first-order valence-corrected chi connectivity index (χ1v) is 7.42. The standard InChI is InChI=1S/C15H16N2O3S/c1-20-14-10-17-12(9-13(14)18)15(19)16-7-8-21-11-5-3-2-4-6-11/h2-6,9-10H,7-8H2,1H3,(H,16,19)(H,17,18). The minimum absolute atomic E-state index is 0.186. The van der Waals surface area contributed by atoms with Gasteiger partial charge in [0.25, 0.3) is 5.91 Å². The molecule has 1 aromatic carbocycles. The van der Waals surface area contributed by atoms with Gasteiger partial charge in [0.15, 0.2) is 5.75 Å². The Labute approximate surface area is 126 Å². The number of nitrogens with one attached hydrogen (secondary N) is 2. The lowest BCUT2D eigenvalue weighted by Gasteiger charge is -2.06. The highest BCUT2D eigenvalue weighted by Crippen LogP contribution is 2.15. The number of rotatable bonds is 6. The first kappa shape index (κ1) is 15.2. The van der Waals surface area contributed by atoms with Gasteiger partial charge in [-0.2, -0.15) is 0 Å². The van der Waals surface area contributed by atoms with Crippen molar-refractivity contribution in [3.63, 3.8) is 0 Å². The zero-order valence-electron chi connectivity index (χ0n) is 11.6. The maximum absolute atomic E-state index is 11.9. The number of pyridine rings is 1. The molecule has 0 saturated heterocycles. The molecular weight excluding hydrogens is 288 g/mol. The van der Waals surface area contributed by atoms with Crippen LogP contribution in [0, 0.1) is 0 Å². The Morgan fingerprint density at radius 2 is 2.10 bits per heavy atom. The number of carbonyl (C=O) groups excluding carboxylic acids is 1. The number of H-pyrrole nitrogens is 1. The van der Waals surface area contributed by atoms with Gasteiger partial charge in [-0.1, -0.05) is 18.2 Å².